The third-order valence-corrected chi connectivity index (χ3v) is 3.73. The minimum Gasteiger partial charge on any atom is -0.492 e. The predicted octanol–water partition coefficient (Wildman–Crippen LogP) is 2.03. The number of benzene rings is 1. The van der Waals surface area contributed by atoms with Crippen LogP contribution in [0.3, 0.4) is 0 Å². The molecule has 0 aliphatic rings. The van der Waals surface area contributed by atoms with Crippen LogP contribution >= 0.6 is 0 Å². The number of aliphatic imine (C=N–C) groups is 1. The lowest BCUT2D eigenvalue weighted by molar-refractivity contribution is -0.136. The SMILES string of the molecule is COC(=O)C(Cc1ccc(OCCN=C(N)N)cc1)=C(C)C(C)C. The van der Waals surface area contributed by atoms with Gasteiger partial charge in [-0.2, -0.15) is 0 Å². The summed E-state index contributed by atoms with van der Waals surface area (Å²) in [4.78, 5) is 15.9. The first-order valence-electron chi connectivity index (χ1n) is 7.90. The molecule has 0 aliphatic carbocycles. The number of esters is 1. The summed E-state index contributed by atoms with van der Waals surface area (Å²) in [6.45, 7) is 6.90. The van der Waals surface area contributed by atoms with Gasteiger partial charge >= 0.3 is 5.97 Å². The Morgan fingerprint density at radius 1 is 1.21 bits per heavy atom. The van der Waals surface area contributed by atoms with Gasteiger partial charge in [-0.15, -0.1) is 0 Å². The van der Waals surface area contributed by atoms with Crippen molar-refractivity contribution in [2.45, 2.75) is 27.2 Å². The van der Waals surface area contributed by atoms with Gasteiger partial charge < -0.3 is 20.9 Å². The number of allylic oxidation sites excluding steroid dienone is 1. The normalized spacial score (nSPS) is 11.7. The number of nitrogens with zero attached hydrogens (tertiary/aromatic N) is 1. The van der Waals surface area contributed by atoms with E-state index in [1.807, 2.05) is 31.2 Å². The standard InChI is InChI=1S/C18H27N3O3/c1-12(2)13(3)16(17(22)23-4)11-14-5-7-15(8-6-14)24-10-9-21-18(19)20/h5-8,12H,9-11H2,1-4H3,(H4,19,20,21). The third kappa shape index (κ3) is 6.32. The summed E-state index contributed by atoms with van der Waals surface area (Å²) in [5.41, 5.74) is 13.3. The zero-order valence-electron chi connectivity index (χ0n) is 14.8. The molecule has 0 aliphatic heterocycles. The second kappa shape index (κ2) is 9.60. The van der Waals surface area contributed by atoms with E-state index in [4.69, 9.17) is 20.9 Å². The van der Waals surface area contributed by atoms with Gasteiger partial charge in [0.25, 0.3) is 0 Å². The lowest BCUT2D eigenvalue weighted by Gasteiger charge is -2.14. The molecule has 0 spiro atoms. The van der Waals surface area contributed by atoms with Crippen molar-refractivity contribution >= 4 is 11.9 Å². The van der Waals surface area contributed by atoms with Crippen molar-refractivity contribution in [3.63, 3.8) is 0 Å². The molecule has 0 saturated carbocycles. The first-order valence-corrected chi connectivity index (χ1v) is 7.90. The fraction of sp³-hybridized carbons (Fsp3) is 0.444. The number of guanidine groups is 1. The fourth-order valence-electron chi connectivity index (χ4n) is 2.09. The molecule has 132 valence electrons. The highest BCUT2D eigenvalue weighted by molar-refractivity contribution is 5.89. The van der Waals surface area contributed by atoms with Crippen LogP contribution in [0.4, 0.5) is 0 Å². The molecular formula is C18H27N3O3. The van der Waals surface area contributed by atoms with Crippen LogP contribution in [0.1, 0.15) is 26.3 Å². The van der Waals surface area contributed by atoms with E-state index < -0.39 is 0 Å². The number of nitrogens with two attached hydrogens (primary N) is 2. The fourth-order valence-corrected chi connectivity index (χ4v) is 2.09. The average molecular weight is 333 g/mol. The van der Waals surface area contributed by atoms with Crippen molar-refractivity contribution in [1.82, 2.24) is 0 Å². The molecule has 6 heteroatoms. The summed E-state index contributed by atoms with van der Waals surface area (Å²) >= 11 is 0. The van der Waals surface area contributed by atoms with E-state index >= 15 is 0 Å². The Kier molecular flexibility index (Phi) is 7.82. The van der Waals surface area contributed by atoms with Crippen molar-refractivity contribution in [2.24, 2.45) is 22.4 Å². The van der Waals surface area contributed by atoms with E-state index in [9.17, 15) is 4.79 Å². The Labute approximate surface area is 143 Å². The average Bonchev–Trinajstić information content (AvgIpc) is 2.56. The predicted molar refractivity (Wildman–Crippen MR) is 95.9 cm³/mol. The monoisotopic (exact) mass is 333 g/mol. The van der Waals surface area contributed by atoms with E-state index in [1.165, 1.54) is 7.11 Å². The molecule has 0 heterocycles. The number of rotatable bonds is 8. The van der Waals surface area contributed by atoms with Crippen LogP contribution in [0.15, 0.2) is 40.4 Å². The molecule has 1 aromatic carbocycles. The molecule has 24 heavy (non-hydrogen) atoms. The smallest absolute Gasteiger partial charge is 0.334 e. The number of carbonyl (C=O) groups is 1. The van der Waals surface area contributed by atoms with Gasteiger partial charge in [0, 0.05) is 12.0 Å². The lowest BCUT2D eigenvalue weighted by Crippen LogP contribution is -2.23. The number of carbonyl (C=O) groups excluding carboxylic acids is 1. The second-order valence-corrected chi connectivity index (χ2v) is 5.78. The van der Waals surface area contributed by atoms with Gasteiger partial charge in [-0.05, 0) is 30.5 Å². The Morgan fingerprint density at radius 3 is 2.33 bits per heavy atom. The molecular weight excluding hydrogens is 306 g/mol. The minimum atomic E-state index is -0.279. The zero-order chi connectivity index (χ0) is 18.1. The van der Waals surface area contributed by atoms with Gasteiger partial charge in [0.05, 0.1) is 13.7 Å². The van der Waals surface area contributed by atoms with Crippen molar-refractivity contribution in [2.75, 3.05) is 20.3 Å². The number of hydrogen-bond acceptors (Lipinski definition) is 4. The minimum absolute atomic E-state index is 0.0524. The number of hydrogen-bond donors (Lipinski definition) is 2. The van der Waals surface area contributed by atoms with E-state index in [-0.39, 0.29) is 17.8 Å². The molecule has 0 aromatic heterocycles. The molecule has 0 fully saturated rings. The van der Waals surface area contributed by atoms with Crippen LogP contribution in [0.5, 0.6) is 5.75 Å². The zero-order valence-corrected chi connectivity index (χ0v) is 14.8. The molecule has 0 radical (unpaired) electrons. The van der Waals surface area contributed by atoms with E-state index in [2.05, 4.69) is 18.8 Å². The van der Waals surface area contributed by atoms with Crippen LogP contribution in [0, 0.1) is 5.92 Å². The largest absolute Gasteiger partial charge is 0.492 e. The summed E-state index contributed by atoms with van der Waals surface area (Å²) in [5, 5.41) is 0. The highest BCUT2D eigenvalue weighted by Crippen LogP contribution is 2.21. The van der Waals surface area contributed by atoms with Crippen molar-refractivity contribution in [3.05, 3.63) is 41.0 Å². The lowest BCUT2D eigenvalue weighted by atomic mass is 9.94. The van der Waals surface area contributed by atoms with Crippen molar-refractivity contribution in [1.29, 1.82) is 0 Å². The highest BCUT2D eigenvalue weighted by Gasteiger charge is 2.16. The third-order valence-electron chi connectivity index (χ3n) is 3.73. The van der Waals surface area contributed by atoms with Gasteiger partial charge in [-0.25, -0.2) is 4.79 Å². The molecule has 0 bridgehead atoms. The van der Waals surface area contributed by atoms with Gasteiger partial charge in [-0.3, -0.25) is 4.99 Å². The molecule has 0 amide bonds. The van der Waals surface area contributed by atoms with Gasteiger partial charge in [0.1, 0.15) is 12.4 Å². The number of ether oxygens (including phenoxy) is 2. The Hall–Kier alpha value is -2.50. The molecule has 6 nitrogen and oxygen atoms in total. The molecule has 0 atom stereocenters. The molecule has 1 aromatic rings. The first kappa shape index (κ1) is 19.5. The first-order chi connectivity index (χ1) is 11.3. The van der Waals surface area contributed by atoms with Gasteiger partial charge in [0.15, 0.2) is 5.96 Å². The summed E-state index contributed by atoms with van der Waals surface area (Å²) in [6.07, 6.45) is 0.533. The second-order valence-electron chi connectivity index (χ2n) is 5.78. The topological polar surface area (TPSA) is 99.9 Å². The Morgan fingerprint density at radius 2 is 1.83 bits per heavy atom. The Balaban J connectivity index is 2.75. The highest BCUT2D eigenvalue weighted by atomic mass is 16.5. The Bertz CT molecular complexity index is 600. The van der Waals surface area contributed by atoms with E-state index in [0.29, 0.717) is 25.1 Å². The molecule has 0 unspecified atom stereocenters. The summed E-state index contributed by atoms with van der Waals surface area (Å²) in [7, 11) is 1.41. The van der Waals surface area contributed by atoms with Gasteiger partial charge in [0.2, 0.25) is 0 Å². The number of methoxy groups -OCH3 is 1. The summed E-state index contributed by atoms with van der Waals surface area (Å²) in [6, 6.07) is 7.60. The van der Waals surface area contributed by atoms with E-state index in [0.717, 1.165) is 16.9 Å². The van der Waals surface area contributed by atoms with Crippen LogP contribution in [-0.4, -0.2) is 32.2 Å². The van der Waals surface area contributed by atoms with Crippen LogP contribution in [0.2, 0.25) is 0 Å². The van der Waals surface area contributed by atoms with Crippen LogP contribution < -0.4 is 16.2 Å². The van der Waals surface area contributed by atoms with Gasteiger partial charge in [-0.1, -0.05) is 31.6 Å². The van der Waals surface area contributed by atoms with E-state index in [1.54, 1.807) is 0 Å². The molecule has 1 rings (SSSR count). The van der Waals surface area contributed by atoms with Crippen LogP contribution in [-0.2, 0) is 16.0 Å². The quantitative estimate of drug-likeness (QED) is 0.249. The van der Waals surface area contributed by atoms with Crippen molar-refractivity contribution in [3.8, 4) is 5.75 Å². The van der Waals surface area contributed by atoms with Crippen molar-refractivity contribution < 1.29 is 14.3 Å². The molecule has 0 saturated heterocycles. The summed E-state index contributed by atoms with van der Waals surface area (Å²) in [5.74, 6) is 0.793. The van der Waals surface area contributed by atoms with Crippen LogP contribution in [0.25, 0.3) is 0 Å². The maximum Gasteiger partial charge on any atom is 0.334 e. The molecule has 4 N–H and O–H groups in total. The maximum atomic E-state index is 12.0. The summed E-state index contributed by atoms with van der Waals surface area (Å²) < 4.78 is 10.5. The maximum absolute atomic E-state index is 12.0.